The number of pyridine rings is 2. The van der Waals surface area contributed by atoms with Crippen molar-refractivity contribution in [2.45, 2.75) is 46.1 Å². The summed E-state index contributed by atoms with van der Waals surface area (Å²) in [6.07, 6.45) is 4.46. The van der Waals surface area contributed by atoms with E-state index in [0.717, 1.165) is 5.56 Å². The highest BCUT2D eigenvalue weighted by atomic mass is 35.5. The van der Waals surface area contributed by atoms with Crippen LogP contribution in [0.2, 0.25) is 5.15 Å². The third kappa shape index (κ3) is 3.41. The zero-order valence-electron chi connectivity index (χ0n) is 16.2. The summed E-state index contributed by atoms with van der Waals surface area (Å²) >= 11 is 6.36. The van der Waals surface area contributed by atoms with Gasteiger partial charge in [0.1, 0.15) is 5.56 Å². The molecule has 3 heterocycles. The predicted molar refractivity (Wildman–Crippen MR) is 106 cm³/mol. The number of aromatic nitrogens is 2. The van der Waals surface area contributed by atoms with Gasteiger partial charge < -0.3 is 14.4 Å². The van der Waals surface area contributed by atoms with Gasteiger partial charge in [-0.3, -0.25) is 4.79 Å². The van der Waals surface area contributed by atoms with Crippen molar-refractivity contribution in [2.24, 2.45) is 11.3 Å². The van der Waals surface area contributed by atoms with Gasteiger partial charge in [0, 0.05) is 18.3 Å². The van der Waals surface area contributed by atoms with Crippen LogP contribution in [0.15, 0.2) is 23.1 Å². The van der Waals surface area contributed by atoms with Crippen LogP contribution in [0.4, 0.5) is 0 Å². The van der Waals surface area contributed by atoms with E-state index in [-0.39, 0.29) is 22.2 Å². The quantitative estimate of drug-likeness (QED) is 0.775. The Morgan fingerprint density at radius 1 is 1.36 bits per heavy atom. The number of hydrogen-bond acceptors (Lipinski definition) is 4. The van der Waals surface area contributed by atoms with E-state index in [1.54, 1.807) is 0 Å². The number of ether oxygens (including phenoxy) is 1. The minimum atomic E-state index is -1.23. The average molecular weight is 403 g/mol. The SMILES string of the molecule is CC(C)(C)[C@@H]1Cc2cc(OCC3CC3)c(Cl)nc2-c2cc(=O)c(C(=O)O)cn21. The lowest BCUT2D eigenvalue weighted by Gasteiger charge is -2.38. The van der Waals surface area contributed by atoms with Crippen LogP contribution in [0.5, 0.6) is 5.75 Å². The Kier molecular flexibility index (Phi) is 4.49. The fourth-order valence-corrected chi connectivity index (χ4v) is 3.86. The van der Waals surface area contributed by atoms with Gasteiger partial charge in [-0.05, 0) is 42.2 Å². The summed E-state index contributed by atoms with van der Waals surface area (Å²) in [5.74, 6) is -0.0605. The molecule has 2 aromatic rings. The van der Waals surface area contributed by atoms with E-state index in [2.05, 4.69) is 25.8 Å². The van der Waals surface area contributed by atoms with Crippen LogP contribution >= 0.6 is 11.6 Å². The molecule has 1 aliphatic heterocycles. The molecular formula is C21H23ClN2O4. The summed E-state index contributed by atoms with van der Waals surface area (Å²) in [5, 5.41) is 9.63. The van der Waals surface area contributed by atoms with Crippen LogP contribution < -0.4 is 10.2 Å². The van der Waals surface area contributed by atoms with E-state index in [9.17, 15) is 14.7 Å². The highest BCUT2D eigenvalue weighted by Gasteiger charge is 2.35. The van der Waals surface area contributed by atoms with Gasteiger partial charge in [-0.15, -0.1) is 0 Å². The zero-order chi connectivity index (χ0) is 20.2. The maximum Gasteiger partial charge on any atom is 0.341 e. The van der Waals surface area contributed by atoms with Gasteiger partial charge in [0.15, 0.2) is 16.3 Å². The standard InChI is InChI=1S/C21H23ClN2O4/c1-21(2,3)17-7-12-6-16(28-10-11-4-5-11)19(22)23-18(12)14-8-15(25)13(20(26)27)9-24(14)17/h6,8-9,11,17H,4-5,7,10H2,1-3H3,(H,26,27)/t17-/m0/s1. The summed E-state index contributed by atoms with van der Waals surface area (Å²) in [6.45, 7) is 6.93. The van der Waals surface area contributed by atoms with Gasteiger partial charge in [0.2, 0.25) is 0 Å². The van der Waals surface area contributed by atoms with Gasteiger partial charge in [0.25, 0.3) is 0 Å². The number of rotatable bonds is 4. The second-order valence-electron chi connectivity index (χ2n) is 8.77. The fraction of sp³-hybridized carbons (Fsp3) is 0.476. The average Bonchev–Trinajstić information content (AvgIpc) is 3.42. The molecule has 2 aliphatic rings. The first-order valence-electron chi connectivity index (χ1n) is 9.47. The molecule has 1 N–H and O–H groups in total. The number of carbonyl (C=O) groups is 1. The molecule has 0 radical (unpaired) electrons. The van der Waals surface area contributed by atoms with Gasteiger partial charge in [-0.2, -0.15) is 0 Å². The van der Waals surface area contributed by atoms with E-state index in [4.69, 9.17) is 16.3 Å². The molecule has 1 fully saturated rings. The fourth-order valence-electron chi connectivity index (χ4n) is 3.67. The minimum Gasteiger partial charge on any atom is -0.490 e. The second kappa shape index (κ2) is 6.62. The van der Waals surface area contributed by atoms with Crippen LogP contribution in [-0.4, -0.2) is 27.2 Å². The Balaban J connectivity index is 1.86. The van der Waals surface area contributed by atoms with Crippen molar-refractivity contribution in [3.8, 4) is 17.1 Å². The Hall–Kier alpha value is -2.34. The Labute approximate surface area is 168 Å². The molecule has 7 heteroatoms. The highest BCUT2D eigenvalue weighted by molar-refractivity contribution is 6.31. The lowest BCUT2D eigenvalue weighted by atomic mass is 9.80. The normalized spacial score (nSPS) is 18.4. The summed E-state index contributed by atoms with van der Waals surface area (Å²) in [7, 11) is 0. The molecule has 148 valence electrons. The molecule has 0 amide bonds. The molecule has 1 saturated carbocycles. The third-order valence-corrected chi connectivity index (χ3v) is 5.77. The molecule has 28 heavy (non-hydrogen) atoms. The third-order valence-electron chi connectivity index (χ3n) is 5.50. The molecule has 1 atom stereocenters. The van der Waals surface area contributed by atoms with Crippen LogP contribution in [0.25, 0.3) is 11.4 Å². The number of nitrogens with zero attached hydrogens (tertiary/aromatic N) is 2. The van der Waals surface area contributed by atoms with Crippen molar-refractivity contribution in [1.82, 2.24) is 9.55 Å². The molecule has 0 aromatic carbocycles. The molecule has 0 spiro atoms. The molecule has 0 bridgehead atoms. The molecule has 0 saturated heterocycles. The van der Waals surface area contributed by atoms with E-state index < -0.39 is 11.4 Å². The summed E-state index contributed by atoms with van der Waals surface area (Å²) in [5.41, 5.74) is 1.22. The number of fused-ring (bicyclic) bond motifs is 3. The first kappa shape index (κ1) is 19.0. The van der Waals surface area contributed by atoms with Crippen LogP contribution in [-0.2, 0) is 6.42 Å². The lowest BCUT2D eigenvalue weighted by molar-refractivity contribution is 0.0693. The van der Waals surface area contributed by atoms with Gasteiger partial charge >= 0.3 is 5.97 Å². The first-order chi connectivity index (χ1) is 13.1. The molecule has 0 unspecified atom stereocenters. The van der Waals surface area contributed by atoms with Crippen molar-refractivity contribution in [3.63, 3.8) is 0 Å². The van der Waals surface area contributed by atoms with Crippen LogP contribution in [0.1, 0.15) is 55.6 Å². The monoisotopic (exact) mass is 402 g/mol. The predicted octanol–water partition coefficient (Wildman–Crippen LogP) is 4.19. The molecule has 4 rings (SSSR count). The summed E-state index contributed by atoms with van der Waals surface area (Å²) < 4.78 is 7.73. The van der Waals surface area contributed by atoms with E-state index >= 15 is 0 Å². The topological polar surface area (TPSA) is 81.4 Å². The number of carboxylic acid groups (broad SMARTS) is 1. The number of aromatic carboxylic acids is 1. The maximum absolute atomic E-state index is 12.4. The molecular weight excluding hydrogens is 380 g/mol. The summed E-state index contributed by atoms with van der Waals surface area (Å²) in [4.78, 5) is 28.3. The Bertz CT molecular complexity index is 1020. The Morgan fingerprint density at radius 3 is 2.68 bits per heavy atom. The minimum absolute atomic E-state index is 0.0343. The van der Waals surface area contributed by atoms with Crippen molar-refractivity contribution in [2.75, 3.05) is 6.61 Å². The molecule has 2 aromatic heterocycles. The van der Waals surface area contributed by atoms with Crippen molar-refractivity contribution in [1.29, 1.82) is 0 Å². The maximum atomic E-state index is 12.4. The smallest absolute Gasteiger partial charge is 0.341 e. The number of carboxylic acids is 1. The number of halogens is 1. The van der Waals surface area contributed by atoms with E-state index in [0.29, 0.717) is 36.1 Å². The summed E-state index contributed by atoms with van der Waals surface area (Å²) in [6, 6.07) is 3.24. The second-order valence-corrected chi connectivity index (χ2v) is 9.13. The van der Waals surface area contributed by atoms with Gasteiger partial charge in [0.05, 0.1) is 18.0 Å². The molecule has 1 aliphatic carbocycles. The van der Waals surface area contributed by atoms with E-state index in [1.807, 2.05) is 10.6 Å². The van der Waals surface area contributed by atoms with Crippen LogP contribution in [0.3, 0.4) is 0 Å². The van der Waals surface area contributed by atoms with Crippen molar-refractivity contribution >= 4 is 17.6 Å². The Morgan fingerprint density at radius 2 is 2.07 bits per heavy atom. The molecule has 6 nitrogen and oxygen atoms in total. The van der Waals surface area contributed by atoms with Crippen molar-refractivity contribution < 1.29 is 14.6 Å². The van der Waals surface area contributed by atoms with E-state index in [1.165, 1.54) is 25.1 Å². The lowest BCUT2D eigenvalue weighted by Crippen LogP contribution is -2.33. The first-order valence-corrected chi connectivity index (χ1v) is 9.85. The van der Waals surface area contributed by atoms with Gasteiger partial charge in [-0.1, -0.05) is 32.4 Å². The van der Waals surface area contributed by atoms with Gasteiger partial charge in [-0.25, -0.2) is 9.78 Å². The largest absolute Gasteiger partial charge is 0.490 e. The zero-order valence-corrected chi connectivity index (χ0v) is 16.9. The highest BCUT2D eigenvalue weighted by Crippen LogP contribution is 2.43. The number of hydrogen-bond donors (Lipinski definition) is 1. The van der Waals surface area contributed by atoms with Crippen LogP contribution in [0, 0.1) is 11.3 Å². The van der Waals surface area contributed by atoms with Crippen molar-refractivity contribution in [3.05, 3.63) is 44.8 Å².